The van der Waals surface area contributed by atoms with Crippen molar-refractivity contribution in [2.75, 3.05) is 5.32 Å². The zero-order chi connectivity index (χ0) is 12.3. The van der Waals surface area contributed by atoms with Gasteiger partial charge in [-0.25, -0.2) is 9.97 Å². The molecule has 0 unspecified atom stereocenters. The SMILES string of the molecule is Cc1ccc(O)c(C(=O)Nc2ncccn2)c1. The molecule has 0 aliphatic heterocycles. The maximum Gasteiger partial charge on any atom is 0.261 e. The van der Waals surface area contributed by atoms with E-state index in [-0.39, 0.29) is 17.3 Å². The number of aromatic nitrogens is 2. The van der Waals surface area contributed by atoms with Crippen LogP contribution in [-0.4, -0.2) is 21.0 Å². The molecule has 0 atom stereocenters. The van der Waals surface area contributed by atoms with E-state index in [0.717, 1.165) is 5.56 Å². The van der Waals surface area contributed by atoms with Crippen LogP contribution in [0.1, 0.15) is 15.9 Å². The zero-order valence-electron chi connectivity index (χ0n) is 9.21. The van der Waals surface area contributed by atoms with E-state index in [1.54, 1.807) is 18.2 Å². The fourth-order valence-electron chi connectivity index (χ4n) is 1.36. The van der Waals surface area contributed by atoms with Gasteiger partial charge in [0.05, 0.1) is 5.56 Å². The second-order valence-corrected chi connectivity index (χ2v) is 3.55. The van der Waals surface area contributed by atoms with Gasteiger partial charge in [-0.2, -0.15) is 0 Å². The summed E-state index contributed by atoms with van der Waals surface area (Å²) in [5.74, 6) is -0.292. The number of aromatic hydroxyl groups is 1. The Morgan fingerprint density at radius 1 is 1.29 bits per heavy atom. The summed E-state index contributed by atoms with van der Waals surface area (Å²) in [7, 11) is 0. The van der Waals surface area contributed by atoms with Gasteiger partial charge in [-0.1, -0.05) is 11.6 Å². The summed E-state index contributed by atoms with van der Waals surface area (Å²) in [6.45, 7) is 1.84. The van der Waals surface area contributed by atoms with Crippen LogP contribution in [0.4, 0.5) is 5.95 Å². The monoisotopic (exact) mass is 229 g/mol. The largest absolute Gasteiger partial charge is 0.507 e. The lowest BCUT2D eigenvalue weighted by Crippen LogP contribution is -2.14. The minimum absolute atomic E-state index is 0.0657. The second kappa shape index (κ2) is 4.61. The van der Waals surface area contributed by atoms with E-state index in [2.05, 4.69) is 15.3 Å². The summed E-state index contributed by atoms with van der Waals surface area (Å²) >= 11 is 0. The molecule has 1 aromatic heterocycles. The Morgan fingerprint density at radius 2 is 2.00 bits per heavy atom. The van der Waals surface area contributed by atoms with Gasteiger partial charge in [0.25, 0.3) is 5.91 Å². The van der Waals surface area contributed by atoms with Gasteiger partial charge in [0.15, 0.2) is 0 Å². The Morgan fingerprint density at radius 3 is 2.71 bits per heavy atom. The minimum Gasteiger partial charge on any atom is -0.507 e. The van der Waals surface area contributed by atoms with Gasteiger partial charge in [-0.15, -0.1) is 0 Å². The first kappa shape index (κ1) is 11.1. The van der Waals surface area contributed by atoms with Crippen molar-refractivity contribution in [3.63, 3.8) is 0 Å². The summed E-state index contributed by atoms with van der Waals surface area (Å²) in [5, 5.41) is 12.1. The van der Waals surface area contributed by atoms with Crippen molar-refractivity contribution in [3.05, 3.63) is 47.8 Å². The molecule has 2 N–H and O–H groups in total. The molecule has 5 nitrogen and oxygen atoms in total. The minimum atomic E-state index is -0.433. The van der Waals surface area contributed by atoms with E-state index in [9.17, 15) is 9.90 Å². The molecule has 0 saturated carbocycles. The number of rotatable bonds is 2. The fraction of sp³-hybridized carbons (Fsp3) is 0.0833. The number of anilines is 1. The number of benzene rings is 1. The summed E-state index contributed by atoms with van der Waals surface area (Å²) < 4.78 is 0. The highest BCUT2D eigenvalue weighted by atomic mass is 16.3. The Balaban J connectivity index is 2.23. The molecule has 5 heteroatoms. The van der Waals surface area contributed by atoms with Gasteiger partial charge in [0.2, 0.25) is 5.95 Å². The summed E-state index contributed by atoms with van der Waals surface area (Å²) in [6.07, 6.45) is 3.05. The standard InChI is InChI=1S/C12H11N3O2/c1-8-3-4-10(16)9(7-8)11(17)15-12-13-5-2-6-14-12/h2-7,16H,1H3,(H,13,14,15,17). The maximum absolute atomic E-state index is 11.8. The number of phenols is 1. The van der Waals surface area contributed by atoms with Crippen LogP contribution in [-0.2, 0) is 0 Å². The zero-order valence-corrected chi connectivity index (χ0v) is 9.21. The lowest BCUT2D eigenvalue weighted by molar-refractivity contribution is 0.102. The molecular formula is C12H11N3O2. The molecule has 1 amide bonds. The highest BCUT2D eigenvalue weighted by Gasteiger charge is 2.12. The molecule has 0 radical (unpaired) electrons. The lowest BCUT2D eigenvalue weighted by atomic mass is 10.1. The normalized spacial score (nSPS) is 9.94. The fourth-order valence-corrected chi connectivity index (χ4v) is 1.36. The van der Waals surface area contributed by atoms with Crippen LogP contribution in [0.15, 0.2) is 36.7 Å². The Labute approximate surface area is 98.2 Å². The average molecular weight is 229 g/mol. The molecule has 2 rings (SSSR count). The summed E-state index contributed by atoms with van der Waals surface area (Å²) in [5.41, 5.74) is 1.10. The van der Waals surface area contributed by atoms with Crippen LogP contribution in [0.25, 0.3) is 0 Å². The van der Waals surface area contributed by atoms with Crippen molar-refractivity contribution in [1.29, 1.82) is 0 Å². The number of hydrogen-bond acceptors (Lipinski definition) is 4. The van der Waals surface area contributed by atoms with Crippen molar-refractivity contribution in [3.8, 4) is 5.75 Å². The van der Waals surface area contributed by atoms with Gasteiger partial charge < -0.3 is 5.11 Å². The van der Waals surface area contributed by atoms with Crippen molar-refractivity contribution >= 4 is 11.9 Å². The van der Waals surface area contributed by atoms with Crippen LogP contribution >= 0.6 is 0 Å². The predicted octanol–water partition coefficient (Wildman–Crippen LogP) is 1.74. The summed E-state index contributed by atoms with van der Waals surface area (Å²) in [4.78, 5) is 19.6. The number of nitrogens with one attached hydrogen (secondary N) is 1. The third kappa shape index (κ3) is 2.57. The van der Waals surface area contributed by atoms with Crippen molar-refractivity contribution < 1.29 is 9.90 Å². The number of amides is 1. The first-order chi connectivity index (χ1) is 8.16. The molecule has 17 heavy (non-hydrogen) atoms. The van der Waals surface area contributed by atoms with Gasteiger partial charge in [-0.3, -0.25) is 10.1 Å². The molecule has 1 heterocycles. The first-order valence-electron chi connectivity index (χ1n) is 5.05. The van der Waals surface area contributed by atoms with E-state index >= 15 is 0 Å². The second-order valence-electron chi connectivity index (χ2n) is 3.55. The van der Waals surface area contributed by atoms with E-state index < -0.39 is 5.91 Å². The topological polar surface area (TPSA) is 75.1 Å². The third-order valence-corrected chi connectivity index (χ3v) is 2.19. The number of phenolic OH excluding ortho intramolecular Hbond substituents is 1. The van der Waals surface area contributed by atoms with Gasteiger partial charge in [-0.05, 0) is 25.1 Å². The number of carbonyl (C=O) groups is 1. The van der Waals surface area contributed by atoms with Crippen molar-refractivity contribution in [2.45, 2.75) is 6.92 Å². The smallest absolute Gasteiger partial charge is 0.261 e. The summed E-state index contributed by atoms with van der Waals surface area (Å²) in [6, 6.07) is 6.47. The van der Waals surface area contributed by atoms with Crippen molar-refractivity contribution in [2.24, 2.45) is 0 Å². The molecule has 1 aromatic carbocycles. The van der Waals surface area contributed by atoms with Crippen LogP contribution in [0.3, 0.4) is 0 Å². The molecular weight excluding hydrogens is 218 g/mol. The number of carbonyl (C=O) groups excluding carboxylic acids is 1. The van der Waals surface area contributed by atoms with Gasteiger partial charge in [0, 0.05) is 12.4 Å². The quantitative estimate of drug-likeness (QED) is 0.822. The predicted molar refractivity (Wildman–Crippen MR) is 62.8 cm³/mol. The van der Waals surface area contributed by atoms with E-state index in [0.29, 0.717) is 0 Å². The number of hydrogen-bond donors (Lipinski definition) is 2. The Kier molecular flexibility index (Phi) is 3.00. The van der Waals surface area contributed by atoms with Gasteiger partial charge >= 0.3 is 0 Å². The number of aryl methyl sites for hydroxylation is 1. The molecule has 2 aromatic rings. The van der Waals surface area contributed by atoms with E-state index in [4.69, 9.17) is 0 Å². The Hall–Kier alpha value is -2.43. The molecule has 0 aliphatic rings. The molecule has 0 fully saturated rings. The Bertz CT molecular complexity index is 541. The highest BCUT2D eigenvalue weighted by Crippen LogP contribution is 2.18. The highest BCUT2D eigenvalue weighted by molar-refractivity contribution is 6.05. The lowest BCUT2D eigenvalue weighted by Gasteiger charge is -2.05. The molecule has 0 aliphatic carbocycles. The van der Waals surface area contributed by atoms with Crippen LogP contribution in [0.5, 0.6) is 5.75 Å². The van der Waals surface area contributed by atoms with Crippen LogP contribution in [0.2, 0.25) is 0 Å². The molecule has 0 bridgehead atoms. The van der Waals surface area contributed by atoms with E-state index in [1.807, 2.05) is 6.92 Å². The molecule has 0 saturated heterocycles. The number of nitrogens with zero attached hydrogens (tertiary/aromatic N) is 2. The van der Waals surface area contributed by atoms with Gasteiger partial charge in [0.1, 0.15) is 5.75 Å². The average Bonchev–Trinajstić information content (AvgIpc) is 2.33. The van der Waals surface area contributed by atoms with E-state index in [1.165, 1.54) is 18.5 Å². The molecule has 86 valence electrons. The van der Waals surface area contributed by atoms with Crippen molar-refractivity contribution in [1.82, 2.24) is 9.97 Å². The maximum atomic E-state index is 11.8. The first-order valence-corrected chi connectivity index (χ1v) is 5.05. The third-order valence-electron chi connectivity index (χ3n) is 2.19. The van der Waals surface area contributed by atoms with Crippen LogP contribution < -0.4 is 5.32 Å². The van der Waals surface area contributed by atoms with Crippen LogP contribution in [0, 0.1) is 6.92 Å². The molecule has 0 spiro atoms.